The fraction of sp³-hybridized carbons (Fsp3) is 0.636. The van der Waals surface area contributed by atoms with Crippen LogP contribution in [-0.2, 0) is 6.42 Å². The zero-order valence-electron chi connectivity index (χ0n) is 10.1. The number of alkyl halides is 1. The Labute approximate surface area is 118 Å². The van der Waals surface area contributed by atoms with E-state index in [2.05, 4.69) is 4.98 Å². The lowest BCUT2D eigenvalue weighted by molar-refractivity contribution is 0.137. The SMILES string of the molecule is O=c1[nH]c(=O)n([C@H]2CC(O)[C@H](CO)S2)cc1CCCl. The number of nitrogens with one attached hydrogen (secondary N) is 1. The van der Waals surface area contributed by atoms with Gasteiger partial charge in [0.2, 0.25) is 0 Å². The van der Waals surface area contributed by atoms with Gasteiger partial charge in [0, 0.05) is 24.1 Å². The van der Waals surface area contributed by atoms with Gasteiger partial charge in [-0.15, -0.1) is 23.4 Å². The summed E-state index contributed by atoms with van der Waals surface area (Å²) in [6, 6.07) is 0. The van der Waals surface area contributed by atoms with Crippen LogP contribution in [0.25, 0.3) is 0 Å². The Morgan fingerprint density at radius 3 is 2.84 bits per heavy atom. The summed E-state index contributed by atoms with van der Waals surface area (Å²) in [4.78, 5) is 25.6. The number of halogens is 1. The van der Waals surface area contributed by atoms with Gasteiger partial charge in [-0.25, -0.2) is 4.79 Å². The molecule has 1 unspecified atom stereocenters. The second-order valence-electron chi connectivity index (χ2n) is 4.37. The molecule has 3 atom stereocenters. The molecular weight excluding hydrogens is 292 g/mol. The van der Waals surface area contributed by atoms with E-state index in [1.807, 2.05) is 0 Å². The second-order valence-corrected chi connectivity index (χ2v) is 6.17. The first-order valence-corrected chi connectivity index (χ1v) is 7.39. The number of aryl methyl sites for hydroxylation is 1. The summed E-state index contributed by atoms with van der Waals surface area (Å²) in [7, 11) is 0. The molecule has 106 valence electrons. The van der Waals surface area contributed by atoms with Crippen molar-refractivity contribution in [1.82, 2.24) is 9.55 Å². The highest BCUT2D eigenvalue weighted by Gasteiger charge is 2.34. The van der Waals surface area contributed by atoms with Crippen LogP contribution in [0.3, 0.4) is 0 Å². The topological polar surface area (TPSA) is 95.3 Å². The number of aromatic amines is 1. The minimum atomic E-state index is -0.657. The molecule has 19 heavy (non-hydrogen) atoms. The third-order valence-corrected chi connectivity index (χ3v) is 4.84. The predicted molar refractivity (Wildman–Crippen MR) is 73.9 cm³/mol. The largest absolute Gasteiger partial charge is 0.395 e. The number of rotatable bonds is 4. The first kappa shape index (κ1) is 14.6. The molecule has 1 aliphatic heterocycles. The predicted octanol–water partition coefficient (Wildman–Crippen LogP) is -0.325. The maximum atomic E-state index is 11.8. The van der Waals surface area contributed by atoms with Crippen LogP contribution in [0.15, 0.2) is 15.8 Å². The Kier molecular flexibility index (Phi) is 4.72. The van der Waals surface area contributed by atoms with Gasteiger partial charge in [-0.05, 0) is 6.42 Å². The van der Waals surface area contributed by atoms with Crippen LogP contribution in [0.2, 0.25) is 0 Å². The minimum absolute atomic E-state index is 0.144. The lowest BCUT2D eigenvalue weighted by Gasteiger charge is -2.13. The van der Waals surface area contributed by atoms with Crippen molar-refractivity contribution in [2.45, 2.75) is 29.6 Å². The standard InChI is InChI=1S/C11H15ClN2O4S/c12-2-1-6-4-14(11(18)13-10(6)17)9-3-7(16)8(5-15)19-9/h4,7-9,15-16H,1-3,5H2,(H,13,17,18)/t7?,8-,9+/m0/s1. The zero-order chi connectivity index (χ0) is 14.0. The zero-order valence-corrected chi connectivity index (χ0v) is 11.7. The molecule has 1 aromatic rings. The van der Waals surface area contributed by atoms with Crippen molar-refractivity contribution in [3.8, 4) is 0 Å². The van der Waals surface area contributed by atoms with Crippen molar-refractivity contribution in [1.29, 1.82) is 0 Å². The van der Waals surface area contributed by atoms with Crippen molar-refractivity contribution >= 4 is 23.4 Å². The van der Waals surface area contributed by atoms with Crippen LogP contribution in [0.1, 0.15) is 17.4 Å². The van der Waals surface area contributed by atoms with Crippen LogP contribution in [-0.4, -0.2) is 43.6 Å². The number of aliphatic hydroxyl groups excluding tert-OH is 2. The molecule has 1 aliphatic rings. The van der Waals surface area contributed by atoms with E-state index in [0.29, 0.717) is 24.3 Å². The number of thioether (sulfide) groups is 1. The van der Waals surface area contributed by atoms with E-state index in [1.165, 1.54) is 22.5 Å². The molecule has 1 saturated heterocycles. The Morgan fingerprint density at radius 2 is 2.26 bits per heavy atom. The average molecular weight is 307 g/mol. The fourth-order valence-electron chi connectivity index (χ4n) is 2.07. The molecule has 0 aliphatic carbocycles. The monoisotopic (exact) mass is 306 g/mol. The number of aliphatic hydroxyl groups is 2. The molecule has 1 aromatic heterocycles. The maximum Gasteiger partial charge on any atom is 0.329 e. The van der Waals surface area contributed by atoms with E-state index in [-0.39, 0.29) is 17.2 Å². The van der Waals surface area contributed by atoms with Gasteiger partial charge < -0.3 is 10.2 Å². The van der Waals surface area contributed by atoms with E-state index < -0.39 is 17.4 Å². The Bertz CT molecular complexity index is 558. The molecule has 0 spiro atoms. The van der Waals surface area contributed by atoms with Gasteiger partial charge in [-0.2, -0.15) is 0 Å². The van der Waals surface area contributed by atoms with Crippen molar-refractivity contribution in [3.05, 3.63) is 32.6 Å². The van der Waals surface area contributed by atoms with Crippen molar-refractivity contribution < 1.29 is 10.2 Å². The van der Waals surface area contributed by atoms with Crippen LogP contribution >= 0.6 is 23.4 Å². The summed E-state index contributed by atoms with van der Waals surface area (Å²) in [5.41, 5.74) is -0.493. The number of H-pyrrole nitrogens is 1. The summed E-state index contributed by atoms with van der Waals surface area (Å²) in [6.07, 6.45) is 1.58. The Balaban J connectivity index is 2.33. The first-order chi connectivity index (χ1) is 9.06. The normalized spacial score (nSPS) is 26.8. The number of nitrogens with zero attached hydrogens (tertiary/aromatic N) is 1. The molecule has 3 N–H and O–H groups in total. The van der Waals surface area contributed by atoms with Gasteiger partial charge in [0.25, 0.3) is 5.56 Å². The quantitative estimate of drug-likeness (QED) is 0.662. The van der Waals surface area contributed by atoms with Crippen LogP contribution in [0, 0.1) is 0 Å². The second kappa shape index (κ2) is 6.13. The molecular formula is C11H15ClN2O4S. The maximum absolute atomic E-state index is 11.8. The number of hydrogen-bond donors (Lipinski definition) is 3. The van der Waals surface area contributed by atoms with Crippen LogP contribution in [0.4, 0.5) is 0 Å². The Morgan fingerprint density at radius 1 is 1.53 bits per heavy atom. The van der Waals surface area contributed by atoms with Crippen molar-refractivity contribution in [3.63, 3.8) is 0 Å². The van der Waals surface area contributed by atoms with Crippen LogP contribution < -0.4 is 11.2 Å². The Hall–Kier alpha value is -0.760. The van der Waals surface area contributed by atoms with Gasteiger partial charge in [0.05, 0.1) is 23.3 Å². The van der Waals surface area contributed by atoms with Gasteiger partial charge in [-0.1, -0.05) is 0 Å². The molecule has 2 rings (SSSR count). The van der Waals surface area contributed by atoms with Crippen molar-refractivity contribution in [2.24, 2.45) is 0 Å². The van der Waals surface area contributed by atoms with E-state index in [4.69, 9.17) is 16.7 Å². The summed E-state index contributed by atoms with van der Waals surface area (Å²) >= 11 is 6.94. The third-order valence-electron chi connectivity index (χ3n) is 3.10. The summed E-state index contributed by atoms with van der Waals surface area (Å²) in [5.74, 6) is 0.293. The summed E-state index contributed by atoms with van der Waals surface area (Å²) < 4.78 is 1.40. The molecule has 1 fully saturated rings. The molecule has 0 aromatic carbocycles. The van der Waals surface area contributed by atoms with E-state index in [0.717, 1.165) is 0 Å². The van der Waals surface area contributed by atoms with Gasteiger partial charge in [0.1, 0.15) is 0 Å². The van der Waals surface area contributed by atoms with E-state index >= 15 is 0 Å². The summed E-state index contributed by atoms with van der Waals surface area (Å²) in [6.45, 7) is -0.144. The van der Waals surface area contributed by atoms with E-state index in [1.54, 1.807) is 0 Å². The van der Waals surface area contributed by atoms with Crippen LogP contribution in [0.5, 0.6) is 0 Å². The molecule has 0 saturated carbocycles. The molecule has 0 amide bonds. The number of hydrogen-bond acceptors (Lipinski definition) is 5. The highest BCUT2D eigenvalue weighted by Crippen LogP contribution is 2.40. The lowest BCUT2D eigenvalue weighted by Crippen LogP contribution is -2.33. The smallest absolute Gasteiger partial charge is 0.329 e. The lowest BCUT2D eigenvalue weighted by atomic mass is 10.2. The van der Waals surface area contributed by atoms with E-state index in [9.17, 15) is 14.7 Å². The molecule has 2 heterocycles. The highest BCUT2D eigenvalue weighted by atomic mass is 35.5. The van der Waals surface area contributed by atoms with Crippen molar-refractivity contribution in [2.75, 3.05) is 12.5 Å². The average Bonchev–Trinajstić information content (AvgIpc) is 2.74. The summed E-state index contributed by atoms with van der Waals surface area (Å²) in [5, 5.41) is 18.3. The first-order valence-electron chi connectivity index (χ1n) is 5.91. The molecule has 0 bridgehead atoms. The van der Waals surface area contributed by atoms with Gasteiger partial charge in [0.15, 0.2) is 0 Å². The molecule has 8 heteroatoms. The third kappa shape index (κ3) is 3.05. The number of aromatic nitrogens is 2. The van der Waals surface area contributed by atoms with Gasteiger partial charge in [-0.3, -0.25) is 14.3 Å². The minimum Gasteiger partial charge on any atom is -0.395 e. The fourth-order valence-corrected chi connectivity index (χ4v) is 3.65. The highest BCUT2D eigenvalue weighted by molar-refractivity contribution is 8.00. The molecule has 6 nitrogen and oxygen atoms in total. The van der Waals surface area contributed by atoms with Gasteiger partial charge >= 0.3 is 5.69 Å². The molecule has 0 radical (unpaired) electrons.